The van der Waals surface area contributed by atoms with Gasteiger partial charge in [0.25, 0.3) is 0 Å². The number of nitrogens with two attached hydrogens (primary N) is 1. The summed E-state index contributed by atoms with van der Waals surface area (Å²) in [5.41, 5.74) is 6.82. The number of aromatic hydroxyl groups is 1. The van der Waals surface area contributed by atoms with Crippen LogP contribution in [0.4, 0.5) is 0 Å². The zero-order valence-corrected chi connectivity index (χ0v) is 10.4. The van der Waals surface area contributed by atoms with Gasteiger partial charge in [-0.3, -0.25) is 4.79 Å². The van der Waals surface area contributed by atoms with Gasteiger partial charge in [-0.15, -0.1) is 0 Å². The molecule has 4 heteroatoms. The summed E-state index contributed by atoms with van der Waals surface area (Å²) >= 11 is 6.03. The smallest absolute Gasteiger partial charge is 0.180 e. The molecular formula is C12H16ClNO2. The molecule has 0 radical (unpaired) electrons. The molecule has 3 nitrogen and oxygen atoms in total. The Morgan fingerprint density at radius 1 is 1.56 bits per heavy atom. The van der Waals surface area contributed by atoms with Crippen molar-refractivity contribution >= 4 is 17.4 Å². The van der Waals surface area contributed by atoms with Crippen molar-refractivity contribution in [3.63, 3.8) is 0 Å². The van der Waals surface area contributed by atoms with Gasteiger partial charge in [-0.2, -0.15) is 0 Å². The van der Waals surface area contributed by atoms with Crippen molar-refractivity contribution in [2.24, 2.45) is 5.73 Å². The first kappa shape index (κ1) is 13.0. The molecule has 0 fully saturated rings. The van der Waals surface area contributed by atoms with Crippen LogP contribution in [0.3, 0.4) is 0 Å². The second-order valence-corrected chi connectivity index (χ2v) is 4.49. The summed E-state index contributed by atoms with van der Waals surface area (Å²) in [6.07, 6.45) is 0. The van der Waals surface area contributed by atoms with Crippen LogP contribution >= 0.6 is 11.6 Å². The van der Waals surface area contributed by atoms with Crippen molar-refractivity contribution in [3.05, 3.63) is 27.8 Å². The Kier molecular flexibility index (Phi) is 3.94. The number of rotatable bonds is 3. The van der Waals surface area contributed by atoms with Gasteiger partial charge in [0, 0.05) is 5.02 Å². The molecule has 16 heavy (non-hydrogen) atoms. The van der Waals surface area contributed by atoms with Crippen LogP contribution in [0.15, 0.2) is 6.07 Å². The molecule has 0 aliphatic heterocycles. The Labute approximate surface area is 100 Å². The minimum atomic E-state index is -0.292. The maximum Gasteiger partial charge on any atom is 0.180 e. The molecule has 0 heterocycles. The maximum absolute atomic E-state index is 11.6. The van der Waals surface area contributed by atoms with Gasteiger partial charge in [0.05, 0.1) is 12.1 Å². The number of carbonyl (C=O) groups is 1. The highest BCUT2D eigenvalue weighted by molar-refractivity contribution is 6.32. The summed E-state index contributed by atoms with van der Waals surface area (Å²) in [4.78, 5) is 11.6. The first-order chi connectivity index (χ1) is 7.40. The van der Waals surface area contributed by atoms with E-state index in [0.29, 0.717) is 16.1 Å². The number of carbonyl (C=O) groups excluding carboxylic acids is 1. The quantitative estimate of drug-likeness (QED) is 0.800. The maximum atomic E-state index is 11.6. The molecule has 88 valence electrons. The molecule has 0 spiro atoms. The van der Waals surface area contributed by atoms with Crippen LogP contribution in [0, 0.1) is 6.92 Å². The van der Waals surface area contributed by atoms with Crippen LogP contribution in [-0.4, -0.2) is 17.4 Å². The lowest BCUT2D eigenvalue weighted by Crippen LogP contribution is -2.16. The molecule has 0 atom stereocenters. The summed E-state index contributed by atoms with van der Waals surface area (Å²) in [7, 11) is 0. The van der Waals surface area contributed by atoms with Crippen LogP contribution < -0.4 is 5.73 Å². The molecule has 0 amide bonds. The molecule has 0 bridgehead atoms. The van der Waals surface area contributed by atoms with E-state index < -0.39 is 0 Å². The van der Waals surface area contributed by atoms with Gasteiger partial charge in [-0.25, -0.2) is 0 Å². The molecule has 1 rings (SSSR count). The topological polar surface area (TPSA) is 63.3 Å². The Bertz CT molecular complexity index is 428. The van der Waals surface area contributed by atoms with Crippen LogP contribution in [0.5, 0.6) is 5.75 Å². The second kappa shape index (κ2) is 4.85. The third-order valence-electron chi connectivity index (χ3n) is 2.61. The fourth-order valence-electron chi connectivity index (χ4n) is 1.64. The summed E-state index contributed by atoms with van der Waals surface area (Å²) in [5.74, 6) is -0.186. The molecule has 0 saturated carbocycles. The molecule has 0 aliphatic carbocycles. The molecule has 0 aliphatic rings. The predicted octanol–water partition coefficient (Wildman–Crippen LogP) is 2.62. The first-order valence-corrected chi connectivity index (χ1v) is 5.53. The fraction of sp³-hybridized carbons (Fsp3) is 0.417. The lowest BCUT2D eigenvalue weighted by Gasteiger charge is -2.15. The van der Waals surface area contributed by atoms with Gasteiger partial charge in [0.2, 0.25) is 0 Å². The van der Waals surface area contributed by atoms with E-state index in [2.05, 4.69) is 0 Å². The van der Waals surface area contributed by atoms with Gasteiger partial charge in [0.15, 0.2) is 5.78 Å². The largest absolute Gasteiger partial charge is 0.507 e. The molecule has 0 saturated heterocycles. The zero-order valence-electron chi connectivity index (χ0n) is 9.67. The number of ketones is 1. The minimum Gasteiger partial charge on any atom is -0.507 e. The normalized spacial score (nSPS) is 10.9. The van der Waals surface area contributed by atoms with Gasteiger partial charge in [0.1, 0.15) is 5.75 Å². The molecular weight excluding hydrogens is 226 g/mol. The lowest BCUT2D eigenvalue weighted by molar-refractivity contribution is 0.0998. The zero-order chi connectivity index (χ0) is 12.5. The Morgan fingerprint density at radius 2 is 2.12 bits per heavy atom. The second-order valence-electron chi connectivity index (χ2n) is 4.08. The Hall–Kier alpha value is -1.06. The lowest BCUT2D eigenvalue weighted by atomic mass is 9.94. The van der Waals surface area contributed by atoms with Gasteiger partial charge in [-0.1, -0.05) is 25.4 Å². The summed E-state index contributed by atoms with van der Waals surface area (Å²) in [5, 5.41) is 10.5. The summed E-state index contributed by atoms with van der Waals surface area (Å²) in [6.45, 7) is 5.43. The molecule has 3 N–H and O–H groups in total. The van der Waals surface area contributed by atoms with Crippen molar-refractivity contribution in [1.82, 2.24) is 0 Å². The fourth-order valence-corrected chi connectivity index (χ4v) is 1.85. The van der Waals surface area contributed by atoms with E-state index in [1.165, 1.54) is 0 Å². The van der Waals surface area contributed by atoms with E-state index >= 15 is 0 Å². The summed E-state index contributed by atoms with van der Waals surface area (Å²) in [6, 6.07) is 1.70. The number of Topliss-reactive ketones (excluding diaryl/α,β-unsaturated/α-hetero) is 1. The van der Waals surface area contributed by atoms with Crippen molar-refractivity contribution in [1.29, 1.82) is 0 Å². The number of benzene rings is 1. The van der Waals surface area contributed by atoms with E-state index in [-0.39, 0.29) is 29.6 Å². The number of hydrogen-bond donors (Lipinski definition) is 2. The number of phenolic OH excluding ortho intramolecular Hbond substituents is 1. The SMILES string of the molecule is Cc1c(Cl)cc(C(C)C)c(O)c1C(=O)CN. The van der Waals surface area contributed by atoms with E-state index in [0.717, 1.165) is 0 Å². The van der Waals surface area contributed by atoms with Gasteiger partial charge < -0.3 is 10.8 Å². The average Bonchev–Trinajstić information content (AvgIpc) is 2.22. The first-order valence-electron chi connectivity index (χ1n) is 5.15. The van der Waals surface area contributed by atoms with E-state index in [1.54, 1.807) is 13.0 Å². The number of halogens is 1. The van der Waals surface area contributed by atoms with Crippen LogP contribution in [0.2, 0.25) is 5.02 Å². The monoisotopic (exact) mass is 241 g/mol. The van der Waals surface area contributed by atoms with Crippen molar-refractivity contribution in [2.45, 2.75) is 26.7 Å². The predicted molar refractivity (Wildman–Crippen MR) is 65.3 cm³/mol. The number of phenols is 1. The molecule has 0 unspecified atom stereocenters. The molecule has 1 aromatic carbocycles. The average molecular weight is 242 g/mol. The molecule has 0 aromatic heterocycles. The van der Waals surface area contributed by atoms with Crippen LogP contribution in [-0.2, 0) is 0 Å². The molecule has 1 aromatic rings. The van der Waals surface area contributed by atoms with Crippen molar-refractivity contribution in [2.75, 3.05) is 6.54 Å². The van der Waals surface area contributed by atoms with Gasteiger partial charge >= 0.3 is 0 Å². The third-order valence-corrected chi connectivity index (χ3v) is 3.00. The van der Waals surface area contributed by atoms with Crippen molar-refractivity contribution in [3.8, 4) is 5.75 Å². The number of hydrogen-bond acceptors (Lipinski definition) is 3. The minimum absolute atomic E-state index is 0.00681. The summed E-state index contributed by atoms with van der Waals surface area (Å²) < 4.78 is 0. The van der Waals surface area contributed by atoms with Crippen LogP contribution in [0.25, 0.3) is 0 Å². The highest BCUT2D eigenvalue weighted by Crippen LogP contribution is 2.35. The highest BCUT2D eigenvalue weighted by Gasteiger charge is 2.20. The third kappa shape index (κ3) is 2.20. The van der Waals surface area contributed by atoms with Gasteiger partial charge in [-0.05, 0) is 30.0 Å². The van der Waals surface area contributed by atoms with Crippen LogP contribution in [0.1, 0.15) is 41.3 Å². The van der Waals surface area contributed by atoms with E-state index in [4.69, 9.17) is 17.3 Å². The van der Waals surface area contributed by atoms with E-state index in [1.807, 2.05) is 13.8 Å². The standard InChI is InChI=1S/C12H16ClNO2/c1-6(2)8-4-9(13)7(3)11(12(8)16)10(15)5-14/h4,6,16H,5,14H2,1-3H3. The highest BCUT2D eigenvalue weighted by atomic mass is 35.5. The Balaban J connectivity index is 3.52. The van der Waals surface area contributed by atoms with Crippen molar-refractivity contribution < 1.29 is 9.90 Å². The van der Waals surface area contributed by atoms with E-state index in [9.17, 15) is 9.90 Å². The Morgan fingerprint density at radius 3 is 2.56 bits per heavy atom.